The zero-order valence-corrected chi connectivity index (χ0v) is 12.7. The molecule has 0 aromatic rings. The van der Waals surface area contributed by atoms with Gasteiger partial charge < -0.3 is 15.3 Å². The summed E-state index contributed by atoms with van der Waals surface area (Å²) in [7, 11) is 0. The van der Waals surface area contributed by atoms with E-state index in [-0.39, 0.29) is 23.6 Å². The summed E-state index contributed by atoms with van der Waals surface area (Å²) in [5.41, 5.74) is 0.00694. The third-order valence-electron chi connectivity index (χ3n) is 5.63. The molecule has 116 valence electrons. The van der Waals surface area contributed by atoms with Crippen molar-refractivity contribution in [3.63, 3.8) is 0 Å². The van der Waals surface area contributed by atoms with Crippen LogP contribution in [0.3, 0.4) is 0 Å². The molecule has 5 atom stereocenters. The monoisotopic (exact) mass is 291 g/mol. The van der Waals surface area contributed by atoms with Crippen LogP contribution < -0.4 is 5.32 Å². The van der Waals surface area contributed by atoms with E-state index in [0.717, 1.165) is 38.5 Å². The summed E-state index contributed by atoms with van der Waals surface area (Å²) in [4.78, 5) is 14.0. The van der Waals surface area contributed by atoms with Gasteiger partial charge in [-0.15, -0.1) is 0 Å². The number of carbonyl (C=O) groups is 1. The fraction of sp³-hybridized carbons (Fsp3) is 0.875. The van der Waals surface area contributed by atoms with Crippen LogP contribution in [-0.2, 0) is 4.79 Å². The second kappa shape index (κ2) is 5.58. The number of likely N-dealkylation sites (tertiary alicyclic amines) is 1. The molecule has 2 aliphatic carbocycles. The molecule has 2 N–H and O–H groups in total. The Balaban J connectivity index is 1.51. The highest BCUT2D eigenvalue weighted by Gasteiger charge is 2.46. The van der Waals surface area contributed by atoms with E-state index in [1.165, 1.54) is 0 Å². The highest BCUT2D eigenvalue weighted by atomic mass is 16.3. The molecular formula is C16H25N3O2. The van der Waals surface area contributed by atoms with E-state index in [0.29, 0.717) is 24.9 Å². The minimum absolute atomic E-state index is 0.00694. The zero-order chi connectivity index (χ0) is 15.0. The van der Waals surface area contributed by atoms with Crippen molar-refractivity contribution in [2.75, 3.05) is 13.1 Å². The third-order valence-corrected chi connectivity index (χ3v) is 5.63. The molecule has 0 spiro atoms. The van der Waals surface area contributed by atoms with Crippen molar-refractivity contribution in [3.8, 4) is 6.07 Å². The van der Waals surface area contributed by atoms with Gasteiger partial charge in [-0.2, -0.15) is 5.26 Å². The predicted octanol–water partition coefficient (Wildman–Crippen LogP) is 1.03. The van der Waals surface area contributed by atoms with E-state index < -0.39 is 0 Å². The maximum atomic E-state index is 12.3. The Morgan fingerprint density at radius 2 is 2.10 bits per heavy atom. The summed E-state index contributed by atoms with van der Waals surface area (Å²) in [6.07, 6.45) is 5.54. The van der Waals surface area contributed by atoms with Crippen molar-refractivity contribution in [2.45, 2.75) is 63.1 Å². The van der Waals surface area contributed by atoms with Crippen molar-refractivity contribution in [3.05, 3.63) is 0 Å². The molecule has 3 rings (SSSR count). The molecule has 1 aliphatic heterocycles. The lowest BCUT2D eigenvalue weighted by Crippen LogP contribution is -2.48. The molecule has 0 aromatic heterocycles. The number of nitrogens with one attached hydrogen (secondary N) is 1. The summed E-state index contributed by atoms with van der Waals surface area (Å²) in [6.45, 7) is 3.24. The zero-order valence-electron chi connectivity index (χ0n) is 12.7. The lowest BCUT2D eigenvalue weighted by atomic mass is 9.96. The van der Waals surface area contributed by atoms with Gasteiger partial charge in [-0.3, -0.25) is 4.79 Å². The van der Waals surface area contributed by atoms with E-state index in [2.05, 4.69) is 18.3 Å². The number of amides is 1. The molecule has 1 amide bonds. The van der Waals surface area contributed by atoms with E-state index in [9.17, 15) is 9.90 Å². The van der Waals surface area contributed by atoms with Crippen molar-refractivity contribution < 1.29 is 9.90 Å². The van der Waals surface area contributed by atoms with Crippen molar-refractivity contribution in [1.29, 1.82) is 5.26 Å². The second-order valence-corrected chi connectivity index (χ2v) is 7.34. The molecule has 0 radical (unpaired) electrons. The Morgan fingerprint density at radius 3 is 2.71 bits per heavy atom. The van der Waals surface area contributed by atoms with Crippen LogP contribution in [0.25, 0.3) is 0 Å². The van der Waals surface area contributed by atoms with Crippen molar-refractivity contribution >= 4 is 5.91 Å². The molecule has 0 aromatic carbocycles. The highest BCUT2D eigenvalue weighted by molar-refractivity contribution is 5.79. The largest absolute Gasteiger partial charge is 0.393 e. The van der Waals surface area contributed by atoms with Crippen LogP contribution in [0.4, 0.5) is 0 Å². The van der Waals surface area contributed by atoms with Crippen molar-refractivity contribution in [1.82, 2.24) is 10.2 Å². The van der Waals surface area contributed by atoms with Gasteiger partial charge in [-0.05, 0) is 57.3 Å². The van der Waals surface area contributed by atoms with Gasteiger partial charge in [-0.1, -0.05) is 0 Å². The third kappa shape index (κ3) is 2.93. The van der Waals surface area contributed by atoms with E-state index >= 15 is 0 Å². The normalized spacial score (nSPS) is 42.0. The quantitative estimate of drug-likeness (QED) is 0.814. The van der Waals surface area contributed by atoms with Crippen LogP contribution in [0.15, 0.2) is 0 Å². The van der Waals surface area contributed by atoms with Gasteiger partial charge in [0.05, 0.1) is 18.7 Å². The number of nitriles is 1. The fourth-order valence-electron chi connectivity index (χ4n) is 4.66. The fourth-order valence-corrected chi connectivity index (χ4v) is 4.66. The number of aliphatic hydroxyl groups excluding tert-OH is 1. The average Bonchev–Trinajstić information content (AvgIpc) is 3.09. The number of hydrogen-bond donors (Lipinski definition) is 2. The Labute approximate surface area is 126 Å². The van der Waals surface area contributed by atoms with E-state index in [1.807, 2.05) is 0 Å². The minimum atomic E-state index is -0.231. The molecule has 2 saturated carbocycles. The summed E-state index contributed by atoms with van der Waals surface area (Å²) >= 11 is 0. The molecule has 5 heteroatoms. The maximum Gasteiger partial charge on any atom is 0.237 e. The Bertz CT molecular complexity index is 445. The number of rotatable bonds is 3. The van der Waals surface area contributed by atoms with Crippen LogP contribution >= 0.6 is 0 Å². The average molecular weight is 291 g/mol. The first kappa shape index (κ1) is 14.8. The smallest absolute Gasteiger partial charge is 0.237 e. The lowest BCUT2D eigenvalue weighted by Gasteiger charge is -2.29. The van der Waals surface area contributed by atoms with Gasteiger partial charge >= 0.3 is 0 Å². The topological polar surface area (TPSA) is 76.4 Å². The molecule has 5 nitrogen and oxygen atoms in total. The molecule has 0 bridgehead atoms. The first-order valence-electron chi connectivity index (χ1n) is 8.13. The van der Waals surface area contributed by atoms with Gasteiger partial charge in [0.25, 0.3) is 0 Å². The van der Waals surface area contributed by atoms with Crippen LogP contribution in [0.5, 0.6) is 0 Å². The SMILES string of the molecule is C[C@@]1(NCC(=O)N2CCC[C@H]2C#N)C[C@H]2C[C@@H](O)C[C@H]2C1. The molecule has 3 fully saturated rings. The van der Waals surface area contributed by atoms with Crippen molar-refractivity contribution in [2.24, 2.45) is 11.8 Å². The lowest BCUT2D eigenvalue weighted by molar-refractivity contribution is -0.130. The van der Waals surface area contributed by atoms with Crippen LogP contribution in [0.2, 0.25) is 0 Å². The first-order valence-corrected chi connectivity index (χ1v) is 8.13. The highest BCUT2D eigenvalue weighted by Crippen LogP contribution is 2.48. The van der Waals surface area contributed by atoms with Crippen LogP contribution in [-0.4, -0.2) is 46.7 Å². The number of carbonyl (C=O) groups excluding carboxylic acids is 1. The molecular weight excluding hydrogens is 266 g/mol. The predicted molar refractivity (Wildman–Crippen MR) is 78.2 cm³/mol. The molecule has 3 aliphatic rings. The summed E-state index contributed by atoms with van der Waals surface area (Å²) in [5.74, 6) is 1.26. The Morgan fingerprint density at radius 1 is 1.43 bits per heavy atom. The van der Waals surface area contributed by atoms with Gasteiger partial charge in [0, 0.05) is 12.1 Å². The van der Waals surface area contributed by atoms with E-state index in [4.69, 9.17) is 5.26 Å². The van der Waals surface area contributed by atoms with Gasteiger partial charge in [0.2, 0.25) is 5.91 Å². The van der Waals surface area contributed by atoms with Gasteiger partial charge in [0.1, 0.15) is 6.04 Å². The second-order valence-electron chi connectivity index (χ2n) is 7.34. The molecule has 0 unspecified atom stereocenters. The summed E-state index contributed by atoms with van der Waals surface area (Å²) in [6, 6.07) is 1.99. The Kier molecular flexibility index (Phi) is 3.94. The molecule has 21 heavy (non-hydrogen) atoms. The van der Waals surface area contributed by atoms with Crippen LogP contribution in [0.1, 0.15) is 45.4 Å². The number of nitrogens with zero attached hydrogens (tertiary/aromatic N) is 2. The summed E-state index contributed by atoms with van der Waals surface area (Å²) in [5, 5.41) is 22.2. The van der Waals surface area contributed by atoms with Crippen LogP contribution in [0, 0.1) is 23.2 Å². The number of hydrogen-bond acceptors (Lipinski definition) is 4. The maximum absolute atomic E-state index is 12.3. The first-order chi connectivity index (χ1) is 10.0. The standard InChI is InChI=1S/C16H25N3O2/c1-16(7-11-5-14(20)6-12(11)8-16)18-10-15(21)19-4-2-3-13(19)9-17/h11-14,18,20H,2-8,10H2,1H3/t11-,12+,13-,14-,16-/m0/s1. The minimum Gasteiger partial charge on any atom is -0.393 e. The molecule has 1 saturated heterocycles. The van der Waals surface area contributed by atoms with Gasteiger partial charge in [-0.25, -0.2) is 0 Å². The number of aliphatic hydroxyl groups is 1. The Hall–Kier alpha value is -1.12. The van der Waals surface area contributed by atoms with Gasteiger partial charge in [0.15, 0.2) is 0 Å². The summed E-state index contributed by atoms with van der Waals surface area (Å²) < 4.78 is 0. The number of fused-ring (bicyclic) bond motifs is 1. The molecule has 1 heterocycles. The van der Waals surface area contributed by atoms with E-state index in [1.54, 1.807) is 4.90 Å².